The molecule has 0 saturated carbocycles. The number of aliphatic hydroxyl groups excluding tert-OH is 1. The van der Waals surface area contributed by atoms with Gasteiger partial charge in [-0.1, -0.05) is 0 Å². The van der Waals surface area contributed by atoms with Crippen molar-refractivity contribution >= 4 is 51.3 Å². The fourth-order valence-electron chi connectivity index (χ4n) is 2.21. The van der Waals surface area contributed by atoms with Crippen molar-refractivity contribution in [3.63, 3.8) is 0 Å². The van der Waals surface area contributed by atoms with Crippen molar-refractivity contribution in [1.82, 2.24) is 0 Å². The van der Waals surface area contributed by atoms with Gasteiger partial charge >= 0.3 is 5.97 Å². The summed E-state index contributed by atoms with van der Waals surface area (Å²) in [6.07, 6.45) is -0.865. The zero-order valence-electron chi connectivity index (χ0n) is 10.4. The minimum Gasteiger partial charge on any atom is -0.477 e. The van der Waals surface area contributed by atoms with E-state index < -0.39 is 18.2 Å². The van der Waals surface area contributed by atoms with E-state index in [1.54, 1.807) is 4.90 Å². The zero-order valence-corrected chi connectivity index (χ0v) is 13.6. The summed E-state index contributed by atoms with van der Waals surface area (Å²) in [6.45, 7) is 0.105. The van der Waals surface area contributed by atoms with Gasteiger partial charge in [-0.05, 0) is 15.9 Å². The van der Waals surface area contributed by atoms with Gasteiger partial charge in [-0.3, -0.25) is 0 Å². The normalized spacial score (nSPS) is 19.2. The molecule has 1 aromatic heterocycles. The second kappa shape index (κ2) is 7.04. The molecule has 0 saturated heterocycles. The molecule has 2 rings (SSSR count). The Morgan fingerprint density at radius 3 is 2.85 bits per heavy atom. The lowest BCUT2D eigenvalue weighted by atomic mass is 10.0. The highest BCUT2D eigenvalue weighted by Crippen LogP contribution is 2.43. The molecular weight excluding hydrogens is 375 g/mol. The van der Waals surface area contributed by atoms with E-state index in [0.717, 1.165) is 11.3 Å². The van der Waals surface area contributed by atoms with Crippen LogP contribution in [0, 0.1) is 0 Å². The summed E-state index contributed by atoms with van der Waals surface area (Å²) in [4.78, 5) is 13.1. The molecule has 0 bridgehead atoms. The number of rotatable bonds is 4. The molecule has 114 valence electrons. The molecule has 20 heavy (non-hydrogen) atoms. The highest BCUT2D eigenvalue weighted by atomic mass is 79.9. The molecular formula is C11H15BrClFN2O3S. The number of halogens is 3. The Bertz CT molecular complexity index is 502. The van der Waals surface area contributed by atoms with Gasteiger partial charge in [0.2, 0.25) is 0 Å². The number of carboxylic acids is 1. The zero-order chi connectivity index (χ0) is 14.2. The number of hydrogen-bond acceptors (Lipinski definition) is 5. The monoisotopic (exact) mass is 388 g/mol. The van der Waals surface area contributed by atoms with Crippen LogP contribution in [-0.2, 0) is 6.42 Å². The van der Waals surface area contributed by atoms with Crippen LogP contribution in [0.5, 0.6) is 0 Å². The van der Waals surface area contributed by atoms with Gasteiger partial charge < -0.3 is 20.8 Å². The molecule has 0 aromatic carbocycles. The topological polar surface area (TPSA) is 86.8 Å². The molecule has 5 nitrogen and oxygen atoms in total. The van der Waals surface area contributed by atoms with Gasteiger partial charge in [0.15, 0.2) is 0 Å². The maximum atomic E-state index is 13.7. The van der Waals surface area contributed by atoms with Crippen LogP contribution in [0.15, 0.2) is 3.79 Å². The van der Waals surface area contributed by atoms with Gasteiger partial charge in [0.05, 0.1) is 16.1 Å². The first-order chi connectivity index (χ1) is 8.93. The first-order valence-corrected chi connectivity index (χ1v) is 7.34. The maximum Gasteiger partial charge on any atom is 0.348 e. The molecule has 2 unspecified atom stereocenters. The number of aliphatic hydroxyl groups is 1. The van der Waals surface area contributed by atoms with Gasteiger partial charge in [0.25, 0.3) is 0 Å². The van der Waals surface area contributed by atoms with E-state index in [4.69, 9.17) is 10.8 Å². The second-order valence-electron chi connectivity index (χ2n) is 4.49. The lowest BCUT2D eigenvalue weighted by Crippen LogP contribution is -2.45. The van der Waals surface area contributed by atoms with E-state index in [1.807, 2.05) is 0 Å². The predicted molar refractivity (Wildman–Crippen MR) is 82.1 cm³/mol. The van der Waals surface area contributed by atoms with Gasteiger partial charge in [-0.2, -0.15) is 0 Å². The highest BCUT2D eigenvalue weighted by molar-refractivity contribution is 9.11. The van der Waals surface area contributed by atoms with Crippen LogP contribution in [0.3, 0.4) is 0 Å². The van der Waals surface area contributed by atoms with Gasteiger partial charge in [-0.25, -0.2) is 9.18 Å². The van der Waals surface area contributed by atoms with Crippen molar-refractivity contribution < 1.29 is 19.4 Å². The van der Waals surface area contributed by atoms with Crippen LogP contribution >= 0.6 is 39.7 Å². The molecule has 1 aliphatic heterocycles. The van der Waals surface area contributed by atoms with E-state index in [2.05, 4.69) is 15.9 Å². The second-order valence-corrected chi connectivity index (χ2v) is 6.82. The number of carboxylic acid groups (broad SMARTS) is 1. The Kier molecular flexibility index (Phi) is 6.21. The minimum absolute atomic E-state index is 0. The van der Waals surface area contributed by atoms with Crippen LogP contribution in [0.1, 0.15) is 15.2 Å². The Morgan fingerprint density at radius 1 is 1.65 bits per heavy atom. The minimum atomic E-state index is -1.06. The van der Waals surface area contributed by atoms with Crippen molar-refractivity contribution in [2.24, 2.45) is 5.73 Å². The van der Waals surface area contributed by atoms with Crippen LogP contribution in [0.25, 0.3) is 0 Å². The van der Waals surface area contributed by atoms with Crippen molar-refractivity contribution in [3.05, 3.63) is 14.2 Å². The summed E-state index contributed by atoms with van der Waals surface area (Å²) in [7, 11) is 0. The van der Waals surface area contributed by atoms with Crippen molar-refractivity contribution in [3.8, 4) is 0 Å². The number of hydrogen-bond donors (Lipinski definition) is 3. The standard InChI is InChI=1S/C11H14BrFN2O3S.ClH/c12-10-7-1-5(13)2-15(3-6(14)4-16)8(7)9(19-10)11(17)18;/h5-6,16H,1-4,14H2,(H,17,18);1H. The van der Waals surface area contributed by atoms with Crippen molar-refractivity contribution in [2.75, 3.05) is 24.6 Å². The van der Waals surface area contributed by atoms with Crippen molar-refractivity contribution in [2.45, 2.75) is 18.6 Å². The Balaban J connectivity index is 0.00000200. The quantitative estimate of drug-likeness (QED) is 0.729. The van der Waals surface area contributed by atoms with Crippen LogP contribution in [-0.4, -0.2) is 48.1 Å². The SMILES string of the molecule is Cl.NC(CO)CN1CC(F)Cc2c(Br)sc(C(=O)O)c21. The first kappa shape index (κ1) is 17.6. The fourth-order valence-corrected chi connectivity index (χ4v) is 3.96. The third-order valence-corrected chi connectivity index (χ3v) is 4.94. The van der Waals surface area contributed by atoms with Crippen LogP contribution < -0.4 is 10.6 Å². The van der Waals surface area contributed by atoms with Gasteiger partial charge in [-0.15, -0.1) is 23.7 Å². The third kappa shape index (κ3) is 3.43. The van der Waals surface area contributed by atoms with Crippen LogP contribution in [0.4, 0.5) is 10.1 Å². The molecule has 0 aliphatic carbocycles. The summed E-state index contributed by atoms with van der Waals surface area (Å²) in [5, 5.41) is 18.2. The molecule has 2 atom stereocenters. The lowest BCUT2D eigenvalue weighted by molar-refractivity contribution is 0.0702. The van der Waals surface area contributed by atoms with E-state index in [-0.39, 0.29) is 43.4 Å². The van der Waals surface area contributed by atoms with E-state index >= 15 is 0 Å². The molecule has 1 aliphatic rings. The number of aromatic carboxylic acids is 1. The summed E-state index contributed by atoms with van der Waals surface area (Å²) in [6, 6.07) is -0.529. The molecule has 9 heteroatoms. The number of nitrogens with zero attached hydrogens (tertiary/aromatic N) is 1. The largest absolute Gasteiger partial charge is 0.477 e. The van der Waals surface area contributed by atoms with Crippen LogP contribution in [0.2, 0.25) is 0 Å². The summed E-state index contributed by atoms with van der Waals surface area (Å²) < 4.78 is 14.4. The van der Waals surface area contributed by atoms with Gasteiger partial charge in [0.1, 0.15) is 11.0 Å². The Morgan fingerprint density at radius 2 is 2.30 bits per heavy atom. The summed E-state index contributed by atoms with van der Waals surface area (Å²) in [5.74, 6) is -1.04. The first-order valence-electron chi connectivity index (χ1n) is 5.74. The lowest BCUT2D eigenvalue weighted by Gasteiger charge is -2.33. The smallest absolute Gasteiger partial charge is 0.348 e. The van der Waals surface area contributed by atoms with E-state index in [9.17, 15) is 14.3 Å². The van der Waals surface area contributed by atoms with Gasteiger partial charge in [0, 0.05) is 31.1 Å². The number of carbonyl (C=O) groups is 1. The molecule has 0 amide bonds. The molecule has 2 heterocycles. The average molecular weight is 390 g/mol. The molecule has 1 aromatic rings. The molecule has 0 radical (unpaired) electrons. The fraction of sp³-hybridized carbons (Fsp3) is 0.545. The Hall–Kier alpha value is -0.410. The number of nitrogens with two attached hydrogens (primary N) is 1. The molecule has 0 fully saturated rings. The number of fused-ring (bicyclic) bond motifs is 1. The highest BCUT2D eigenvalue weighted by Gasteiger charge is 2.33. The number of anilines is 1. The summed E-state index contributed by atoms with van der Waals surface area (Å²) >= 11 is 4.37. The number of thiophene rings is 1. The maximum absolute atomic E-state index is 13.7. The van der Waals surface area contributed by atoms with E-state index in [1.165, 1.54) is 0 Å². The van der Waals surface area contributed by atoms with E-state index in [0.29, 0.717) is 15.0 Å². The Labute approximate surface area is 134 Å². The average Bonchev–Trinajstić information content (AvgIpc) is 2.67. The third-order valence-electron chi connectivity index (χ3n) is 2.97. The molecule has 4 N–H and O–H groups in total. The number of alkyl halides is 1. The summed E-state index contributed by atoms with van der Waals surface area (Å²) in [5.41, 5.74) is 6.87. The molecule has 0 spiro atoms. The van der Waals surface area contributed by atoms with Crippen molar-refractivity contribution in [1.29, 1.82) is 0 Å². The predicted octanol–water partition coefficient (Wildman–Crippen LogP) is 1.65.